The van der Waals surface area contributed by atoms with Crippen molar-refractivity contribution in [2.24, 2.45) is 5.92 Å². The molecule has 1 fully saturated rings. The number of fused-ring (bicyclic) bond motifs is 4. The van der Waals surface area contributed by atoms with Crippen LogP contribution in [0.3, 0.4) is 0 Å². The van der Waals surface area contributed by atoms with E-state index >= 15 is 0 Å². The zero-order valence-electron chi connectivity index (χ0n) is 16.7. The molecule has 1 aromatic heterocycles. The number of pyridine rings is 1. The Bertz CT molecular complexity index is 1140. The Hall–Kier alpha value is -3.18. The molecule has 3 heterocycles. The molecule has 0 saturated carbocycles. The molecular weight excluding hydrogens is 376 g/mol. The number of carbonyl (C=O) groups is 1. The van der Waals surface area contributed by atoms with Crippen molar-refractivity contribution in [3.05, 3.63) is 93.9 Å². The third kappa shape index (κ3) is 3.35. The van der Waals surface area contributed by atoms with Gasteiger partial charge >= 0.3 is 0 Å². The highest BCUT2D eigenvalue weighted by atomic mass is 16.3. The second kappa shape index (κ2) is 7.58. The highest BCUT2D eigenvalue weighted by Crippen LogP contribution is 2.37. The maximum absolute atomic E-state index is 13.1. The van der Waals surface area contributed by atoms with Crippen molar-refractivity contribution in [2.75, 3.05) is 13.1 Å². The van der Waals surface area contributed by atoms with Crippen molar-refractivity contribution in [3.63, 3.8) is 0 Å². The van der Waals surface area contributed by atoms with Gasteiger partial charge in [-0.15, -0.1) is 0 Å². The number of nitrogens with zero attached hydrogens (tertiary/aromatic N) is 2. The maximum Gasteiger partial charge on any atom is 0.253 e. The lowest BCUT2D eigenvalue weighted by Crippen LogP contribution is -2.49. The summed E-state index contributed by atoms with van der Waals surface area (Å²) < 4.78 is 1.91. The SMILES string of the molecule is O=C(c1ccc(CO)cc1)N1C[C@@H]2C[C@H](C1)c1cc(-c3ccccc3)cc(=O)n1C2. The molecule has 0 radical (unpaired) electrons. The van der Waals surface area contributed by atoms with E-state index in [-0.39, 0.29) is 29.9 Å². The number of aromatic nitrogens is 1. The third-order valence-corrected chi connectivity index (χ3v) is 6.33. The van der Waals surface area contributed by atoms with Crippen LogP contribution < -0.4 is 5.56 Å². The summed E-state index contributed by atoms with van der Waals surface area (Å²) in [7, 11) is 0. The van der Waals surface area contributed by atoms with Gasteiger partial charge in [-0.2, -0.15) is 0 Å². The van der Waals surface area contributed by atoms with Crippen LogP contribution in [0, 0.1) is 5.92 Å². The molecule has 5 rings (SSSR count). The monoisotopic (exact) mass is 400 g/mol. The summed E-state index contributed by atoms with van der Waals surface area (Å²) in [6, 6.07) is 21.0. The van der Waals surface area contributed by atoms with Crippen molar-refractivity contribution in [1.29, 1.82) is 0 Å². The van der Waals surface area contributed by atoms with Gasteiger partial charge < -0.3 is 14.6 Å². The Morgan fingerprint density at radius 2 is 1.70 bits per heavy atom. The first-order valence-corrected chi connectivity index (χ1v) is 10.4. The third-order valence-electron chi connectivity index (χ3n) is 6.33. The first kappa shape index (κ1) is 18.8. The van der Waals surface area contributed by atoms with Gasteiger partial charge in [0.05, 0.1) is 6.61 Å². The number of benzene rings is 2. The van der Waals surface area contributed by atoms with E-state index in [9.17, 15) is 14.7 Å². The zero-order chi connectivity index (χ0) is 20.7. The van der Waals surface area contributed by atoms with E-state index in [0.29, 0.717) is 25.2 Å². The number of hydrogen-bond donors (Lipinski definition) is 1. The summed E-state index contributed by atoms with van der Waals surface area (Å²) in [4.78, 5) is 27.9. The number of carbonyl (C=O) groups excluding carboxylic acids is 1. The van der Waals surface area contributed by atoms with E-state index < -0.39 is 0 Å². The minimum Gasteiger partial charge on any atom is -0.392 e. The Morgan fingerprint density at radius 1 is 0.933 bits per heavy atom. The number of aliphatic hydroxyl groups is 1. The van der Waals surface area contributed by atoms with Gasteiger partial charge in [-0.05, 0) is 47.2 Å². The van der Waals surface area contributed by atoms with Crippen LogP contribution in [0.4, 0.5) is 0 Å². The molecule has 1 saturated heterocycles. The fraction of sp³-hybridized carbons (Fsp3) is 0.280. The normalized spacial score (nSPS) is 20.0. The molecule has 2 aromatic carbocycles. The molecule has 1 N–H and O–H groups in total. The lowest BCUT2D eigenvalue weighted by molar-refractivity contribution is 0.0594. The van der Waals surface area contributed by atoms with Crippen molar-refractivity contribution >= 4 is 5.91 Å². The molecule has 152 valence electrons. The average molecular weight is 400 g/mol. The first-order chi connectivity index (χ1) is 14.6. The van der Waals surface area contributed by atoms with Gasteiger partial charge in [-0.3, -0.25) is 9.59 Å². The Balaban J connectivity index is 1.45. The smallest absolute Gasteiger partial charge is 0.253 e. The van der Waals surface area contributed by atoms with E-state index in [1.807, 2.05) is 39.8 Å². The number of aliphatic hydroxyl groups excluding tert-OH is 1. The van der Waals surface area contributed by atoms with Crippen molar-refractivity contribution < 1.29 is 9.90 Å². The molecule has 2 aliphatic heterocycles. The summed E-state index contributed by atoms with van der Waals surface area (Å²) in [5.74, 6) is 0.468. The number of likely N-dealkylation sites (tertiary alicyclic amines) is 1. The topological polar surface area (TPSA) is 62.5 Å². The van der Waals surface area contributed by atoms with Crippen LogP contribution in [0.1, 0.15) is 34.0 Å². The Kier molecular flexibility index (Phi) is 4.75. The van der Waals surface area contributed by atoms with Crippen molar-refractivity contribution in [3.8, 4) is 11.1 Å². The van der Waals surface area contributed by atoms with Crippen LogP contribution in [0.15, 0.2) is 71.5 Å². The molecule has 0 spiro atoms. The molecule has 5 nitrogen and oxygen atoms in total. The Morgan fingerprint density at radius 3 is 2.43 bits per heavy atom. The summed E-state index contributed by atoms with van der Waals surface area (Å²) in [5.41, 5.74) is 4.48. The molecule has 1 amide bonds. The predicted octanol–water partition coefficient (Wildman–Crippen LogP) is 3.27. The van der Waals surface area contributed by atoms with Gasteiger partial charge in [-0.1, -0.05) is 42.5 Å². The molecule has 0 unspecified atom stereocenters. The van der Waals surface area contributed by atoms with Crippen LogP contribution in [0.25, 0.3) is 11.1 Å². The molecule has 2 aliphatic rings. The molecule has 5 heteroatoms. The molecule has 3 aromatic rings. The quantitative estimate of drug-likeness (QED) is 0.734. The van der Waals surface area contributed by atoms with Crippen LogP contribution >= 0.6 is 0 Å². The number of amides is 1. The summed E-state index contributed by atoms with van der Waals surface area (Å²) in [6.07, 6.45) is 1.00. The zero-order valence-corrected chi connectivity index (χ0v) is 16.7. The minimum atomic E-state index is -0.0301. The molecule has 30 heavy (non-hydrogen) atoms. The van der Waals surface area contributed by atoms with E-state index in [2.05, 4.69) is 6.07 Å². The summed E-state index contributed by atoms with van der Waals surface area (Å²) in [6.45, 7) is 1.92. The minimum absolute atomic E-state index is 0.0178. The van der Waals surface area contributed by atoms with Crippen molar-refractivity contribution in [1.82, 2.24) is 9.47 Å². The van der Waals surface area contributed by atoms with E-state index in [4.69, 9.17) is 0 Å². The number of rotatable bonds is 3. The van der Waals surface area contributed by atoms with Gasteiger partial charge in [0.15, 0.2) is 0 Å². The highest BCUT2D eigenvalue weighted by molar-refractivity contribution is 5.94. The fourth-order valence-corrected chi connectivity index (χ4v) is 4.86. The maximum atomic E-state index is 13.1. The van der Waals surface area contributed by atoms with Gasteiger partial charge in [0.1, 0.15) is 0 Å². The summed E-state index contributed by atoms with van der Waals surface area (Å²) >= 11 is 0. The van der Waals surface area contributed by atoms with Crippen LogP contribution in [-0.2, 0) is 13.2 Å². The predicted molar refractivity (Wildman–Crippen MR) is 115 cm³/mol. The van der Waals surface area contributed by atoms with Gasteiger partial charge in [0.25, 0.3) is 11.5 Å². The van der Waals surface area contributed by atoms with Crippen LogP contribution in [-0.4, -0.2) is 33.6 Å². The lowest BCUT2D eigenvalue weighted by atomic mass is 9.82. The molecule has 2 atom stereocenters. The van der Waals surface area contributed by atoms with Gasteiger partial charge in [0, 0.05) is 42.9 Å². The average Bonchev–Trinajstić information content (AvgIpc) is 2.79. The number of piperidine rings is 1. The second-order valence-corrected chi connectivity index (χ2v) is 8.35. The lowest BCUT2D eigenvalue weighted by Gasteiger charge is -2.43. The largest absolute Gasteiger partial charge is 0.392 e. The van der Waals surface area contributed by atoms with E-state index in [1.54, 1.807) is 30.3 Å². The molecular formula is C25H24N2O3. The van der Waals surface area contributed by atoms with Gasteiger partial charge in [-0.25, -0.2) is 0 Å². The van der Waals surface area contributed by atoms with E-state index in [1.165, 1.54) is 0 Å². The summed E-state index contributed by atoms with van der Waals surface area (Å²) in [5, 5.41) is 9.22. The van der Waals surface area contributed by atoms with Gasteiger partial charge in [0.2, 0.25) is 0 Å². The molecule has 0 aliphatic carbocycles. The second-order valence-electron chi connectivity index (χ2n) is 8.35. The van der Waals surface area contributed by atoms with Crippen LogP contribution in [0.2, 0.25) is 0 Å². The van der Waals surface area contributed by atoms with Crippen LogP contribution in [0.5, 0.6) is 0 Å². The Labute approximate surface area is 175 Å². The van der Waals surface area contributed by atoms with Crippen molar-refractivity contribution in [2.45, 2.75) is 25.5 Å². The van der Waals surface area contributed by atoms with E-state index in [0.717, 1.165) is 28.8 Å². The first-order valence-electron chi connectivity index (χ1n) is 10.4. The molecule has 2 bridgehead atoms. The number of hydrogen-bond acceptors (Lipinski definition) is 3. The standard InChI is InChI=1S/C25H24N2O3/c28-16-17-6-8-20(9-7-17)25(30)26-13-18-10-22(15-26)23-11-21(12-24(29)27(23)14-18)19-4-2-1-3-5-19/h1-9,11-12,18,22,28H,10,13-16H2/t18-,22+/m0/s1. The fourth-order valence-electron chi connectivity index (χ4n) is 4.86. The highest BCUT2D eigenvalue weighted by Gasteiger charge is 2.36.